The van der Waals surface area contributed by atoms with Crippen molar-refractivity contribution in [3.63, 3.8) is 0 Å². The zero-order valence-corrected chi connectivity index (χ0v) is 14.1. The maximum atomic E-state index is 12.4. The Balaban J connectivity index is 1.48. The highest BCUT2D eigenvalue weighted by Crippen LogP contribution is 2.20. The van der Waals surface area contributed by atoms with E-state index in [2.05, 4.69) is 20.8 Å². The monoisotopic (exact) mass is 326 g/mol. The summed E-state index contributed by atoms with van der Waals surface area (Å²) in [4.78, 5) is 12.4. The van der Waals surface area contributed by atoms with Crippen molar-refractivity contribution < 1.29 is 4.79 Å². The third kappa shape index (κ3) is 4.45. The molecule has 5 heteroatoms. The minimum Gasteiger partial charge on any atom is -0.351 e. The Bertz CT molecular complexity index is 630. The molecule has 1 aromatic heterocycles. The second kappa shape index (κ2) is 8.64. The first kappa shape index (κ1) is 16.7. The van der Waals surface area contributed by atoms with Crippen molar-refractivity contribution >= 4 is 5.91 Å². The number of benzene rings is 1. The average molecular weight is 326 g/mol. The maximum Gasteiger partial charge on any atom is 0.255 e. The number of nitrogens with one attached hydrogen (secondary N) is 3. The van der Waals surface area contributed by atoms with Crippen LogP contribution in [0.2, 0.25) is 0 Å². The molecule has 3 N–H and O–H groups in total. The molecule has 5 nitrogen and oxygen atoms in total. The molecule has 1 aromatic carbocycles. The summed E-state index contributed by atoms with van der Waals surface area (Å²) in [6, 6.07) is 10.4. The molecule has 2 aromatic rings. The summed E-state index contributed by atoms with van der Waals surface area (Å²) in [5.41, 5.74) is 2.33. The summed E-state index contributed by atoms with van der Waals surface area (Å²) in [5, 5.41) is 13.5. The Kier molecular flexibility index (Phi) is 6.01. The van der Waals surface area contributed by atoms with Crippen LogP contribution in [0, 0.1) is 0 Å². The van der Waals surface area contributed by atoms with Crippen LogP contribution in [-0.4, -0.2) is 35.2 Å². The van der Waals surface area contributed by atoms with Gasteiger partial charge in [0.05, 0.1) is 17.5 Å². The number of hydrogen-bond acceptors (Lipinski definition) is 3. The Labute approximate surface area is 143 Å². The Morgan fingerprint density at radius 1 is 1.08 bits per heavy atom. The zero-order chi connectivity index (χ0) is 16.6. The van der Waals surface area contributed by atoms with Crippen LogP contribution in [0.15, 0.2) is 36.5 Å². The molecule has 3 rings (SSSR count). The molecular weight excluding hydrogens is 300 g/mol. The van der Waals surface area contributed by atoms with Crippen molar-refractivity contribution in [1.29, 1.82) is 0 Å². The van der Waals surface area contributed by atoms with Crippen LogP contribution in [0.1, 0.15) is 48.9 Å². The van der Waals surface area contributed by atoms with Gasteiger partial charge in [-0.3, -0.25) is 9.89 Å². The fraction of sp³-hybridized carbons (Fsp3) is 0.474. The summed E-state index contributed by atoms with van der Waals surface area (Å²) >= 11 is 0. The molecule has 0 unspecified atom stereocenters. The van der Waals surface area contributed by atoms with E-state index in [0.29, 0.717) is 18.2 Å². The minimum atomic E-state index is -0.0785. The lowest BCUT2D eigenvalue weighted by atomic mass is 10.1. The van der Waals surface area contributed by atoms with Gasteiger partial charge in [-0.2, -0.15) is 5.10 Å². The quantitative estimate of drug-likeness (QED) is 0.564. The summed E-state index contributed by atoms with van der Waals surface area (Å²) in [6.45, 7) is 1.45. The van der Waals surface area contributed by atoms with Gasteiger partial charge in [0.25, 0.3) is 5.91 Å². The number of carbonyl (C=O) groups excluding carboxylic acids is 1. The second-order valence-corrected chi connectivity index (χ2v) is 6.42. The van der Waals surface area contributed by atoms with Crippen LogP contribution in [0.3, 0.4) is 0 Å². The number of aromatic nitrogens is 2. The number of amides is 1. The lowest BCUT2D eigenvalue weighted by Gasteiger charge is -2.16. The molecular formula is C19H26N4O. The topological polar surface area (TPSA) is 69.8 Å². The van der Waals surface area contributed by atoms with Gasteiger partial charge in [-0.05, 0) is 12.8 Å². The number of hydrogen-bond donors (Lipinski definition) is 3. The van der Waals surface area contributed by atoms with Crippen molar-refractivity contribution in [2.24, 2.45) is 0 Å². The summed E-state index contributed by atoms with van der Waals surface area (Å²) in [7, 11) is 0. The molecule has 24 heavy (non-hydrogen) atoms. The lowest BCUT2D eigenvalue weighted by molar-refractivity contribution is 0.0954. The Morgan fingerprint density at radius 3 is 2.58 bits per heavy atom. The van der Waals surface area contributed by atoms with Gasteiger partial charge >= 0.3 is 0 Å². The van der Waals surface area contributed by atoms with Gasteiger partial charge < -0.3 is 10.6 Å². The summed E-state index contributed by atoms with van der Waals surface area (Å²) in [5.74, 6) is -0.0785. The molecule has 0 bridgehead atoms. The van der Waals surface area contributed by atoms with Gasteiger partial charge in [0.1, 0.15) is 0 Å². The second-order valence-electron chi connectivity index (χ2n) is 6.42. The number of nitrogens with zero attached hydrogens (tertiary/aromatic N) is 1. The molecule has 0 spiro atoms. The highest BCUT2D eigenvalue weighted by molar-refractivity contribution is 5.99. The molecule has 128 valence electrons. The first-order chi connectivity index (χ1) is 11.8. The van der Waals surface area contributed by atoms with Crippen molar-refractivity contribution in [3.8, 4) is 11.3 Å². The number of aromatic amines is 1. The van der Waals surface area contributed by atoms with E-state index in [1.807, 2.05) is 30.3 Å². The molecule has 0 aliphatic heterocycles. The predicted octanol–water partition coefficient (Wildman–Crippen LogP) is 3.12. The van der Waals surface area contributed by atoms with Gasteiger partial charge in [0.15, 0.2) is 0 Å². The van der Waals surface area contributed by atoms with Gasteiger partial charge in [-0.15, -0.1) is 0 Å². The molecule has 0 saturated heterocycles. The number of H-pyrrole nitrogens is 1. The van der Waals surface area contributed by atoms with Gasteiger partial charge in [0, 0.05) is 24.7 Å². The third-order valence-electron chi connectivity index (χ3n) is 4.65. The molecule has 1 amide bonds. The standard InChI is InChI=1S/C19H26N4O/c24-19(21-13-12-20-16-10-6-1-2-7-11-16)17-14-22-23-18(17)15-8-4-3-5-9-15/h3-5,8-9,14,16,20H,1-2,6-7,10-13H2,(H,21,24)(H,22,23). The molecule has 1 aliphatic carbocycles. The highest BCUT2D eigenvalue weighted by Gasteiger charge is 2.15. The van der Waals surface area contributed by atoms with Gasteiger partial charge in [-0.1, -0.05) is 56.0 Å². The van der Waals surface area contributed by atoms with Crippen LogP contribution < -0.4 is 10.6 Å². The maximum absolute atomic E-state index is 12.4. The van der Waals surface area contributed by atoms with Crippen LogP contribution in [0.5, 0.6) is 0 Å². The van der Waals surface area contributed by atoms with Crippen molar-refractivity contribution in [2.45, 2.75) is 44.6 Å². The molecule has 0 atom stereocenters. The zero-order valence-electron chi connectivity index (χ0n) is 14.1. The van der Waals surface area contributed by atoms with Crippen molar-refractivity contribution in [3.05, 3.63) is 42.1 Å². The smallest absolute Gasteiger partial charge is 0.255 e. The summed E-state index contributed by atoms with van der Waals surface area (Å²) in [6.07, 6.45) is 9.46. The predicted molar refractivity (Wildman–Crippen MR) is 95.8 cm³/mol. The normalized spacial score (nSPS) is 15.8. The van der Waals surface area contributed by atoms with Gasteiger partial charge in [-0.25, -0.2) is 0 Å². The number of rotatable bonds is 6. The van der Waals surface area contributed by atoms with Crippen LogP contribution in [-0.2, 0) is 0 Å². The van der Waals surface area contributed by atoms with Crippen LogP contribution in [0.4, 0.5) is 0 Å². The molecule has 1 aliphatic rings. The Morgan fingerprint density at radius 2 is 1.83 bits per heavy atom. The largest absolute Gasteiger partial charge is 0.351 e. The van der Waals surface area contributed by atoms with E-state index in [-0.39, 0.29) is 5.91 Å². The lowest BCUT2D eigenvalue weighted by Crippen LogP contribution is -2.36. The van der Waals surface area contributed by atoms with Gasteiger partial charge in [0.2, 0.25) is 0 Å². The first-order valence-electron chi connectivity index (χ1n) is 8.95. The van der Waals surface area contributed by atoms with Crippen LogP contribution in [0.25, 0.3) is 11.3 Å². The number of carbonyl (C=O) groups is 1. The fourth-order valence-electron chi connectivity index (χ4n) is 3.31. The van der Waals surface area contributed by atoms with E-state index in [1.165, 1.54) is 38.5 Å². The van der Waals surface area contributed by atoms with E-state index in [4.69, 9.17) is 0 Å². The molecule has 1 fully saturated rings. The molecule has 1 heterocycles. The minimum absolute atomic E-state index is 0.0785. The fourth-order valence-corrected chi connectivity index (χ4v) is 3.31. The molecule has 0 radical (unpaired) electrons. The third-order valence-corrected chi connectivity index (χ3v) is 4.65. The van der Waals surface area contributed by atoms with Crippen LogP contribution >= 0.6 is 0 Å². The van der Waals surface area contributed by atoms with E-state index in [9.17, 15) is 4.79 Å². The van der Waals surface area contributed by atoms with E-state index in [1.54, 1.807) is 6.20 Å². The first-order valence-corrected chi connectivity index (χ1v) is 8.95. The van der Waals surface area contributed by atoms with E-state index in [0.717, 1.165) is 17.8 Å². The highest BCUT2D eigenvalue weighted by atomic mass is 16.1. The SMILES string of the molecule is O=C(NCCNC1CCCCCC1)c1cn[nH]c1-c1ccccc1. The summed E-state index contributed by atoms with van der Waals surface area (Å²) < 4.78 is 0. The Hall–Kier alpha value is -2.14. The van der Waals surface area contributed by atoms with E-state index >= 15 is 0 Å². The van der Waals surface area contributed by atoms with Crippen molar-refractivity contribution in [2.75, 3.05) is 13.1 Å². The average Bonchev–Trinajstić information content (AvgIpc) is 2.97. The van der Waals surface area contributed by atoms with E-state index < -0.39 is 0 Å². The van der Waals surface area contributed by atoms with Crippen molar-refractivity contribution in [1.82, 2.24) is 20.8 Å². The molecule has 1 saturated carbocycles.